The van der Waals surface area contributed by atoms with E-state index in [0.29, 0.717) is 25.1 Å². The fourth-order valence-electron chi connectivity index (χ4n) is 2.78. The number of carbonyl (C=O) groups excluding carboxylic acids is 1. The van der Waals surface area contributed by atoms with Crippen molar-refractivity contribution in [1.29, 1.82) is 0 Å². The molecule has 0 bridgehead atoms. The average Bonchev–Trinajstić information content (AvgIpc) is 2.72. The highest BCUT2D eigenvalue weighted by atomic mass is 19.4. The fourth-order valence-corrected chi connectivity index (χ4v) is 2.78. The number of alkyl carbamates (subject to hydrolysis) is 1. The number of rotatable bonds is 7. The summed E-state index contributed by atoms with van der Waals surface area (Å²) in [5, 5.41) is 10.1. The van der Waals surface area contributed by atoms with Crippen LogP contribution >= 0.6 is 0 Å². The van der Waals surface area contributed by atoms with E-state index in [2.05, 4.69) is 5.32 Å². The Hall–Kier alpha value is -2.72. The molecule has 0 aliphatic heterocycles. The number of aliphatic hydroxyl groups excluding tert-OH is 1. The van der Waals surface area contributed by atoms with Crippen LogP contribution in [-0.4, -0.2) is 47.7 Å². The van der Waals surface area contributed by atoms with E-state index in [1.165, 1.54) is 6.07 Å². The van der Waals surface area contributed by atoms with Gasteiger partial charge in [0, 0.05) is 17.8 Å². The summed E-state index contributed by atoms with van der Waals surface area (Å²) in [6, 6.07) is 9.01. The predicted octanol–water partition coefficient (Wildman–Crippen LogP) is 4.70. The second-order valence-corrected chi connectivity index (χ2v) is 8.66. The van der Waals surface area contributed by atoms with Crippen molar-refractivity contribution in [1.82, 2.24) is 10.3 Å². The van der Waals surface area contributed by atoms with E-state index < -0.39 is 24.5 Å². The minimum atomic E-state index is -4.40. The zero-order chi connectivity index (χ0) is 25.9. The van der Waals surface area contributed by atoms with Gasteiger partial charge in [-0.1, -0.05) is 0 Å². The van der Waals surface area contributed by atoms with Gasteiger partial charge < -0.3 is 20.9 Å². The Bertz CT molecular complexity index is 929. The van der Waals surface area contributed by atoms with Crippen molar-refractivity contribution in [2.45, 2.75) is 58.7 Å². The average molecular weight is 488 g/mol. The number of aryl methyl sites for hydroxylation is 2. The lowest BCUT2D eigenvalue weighted by Gasteiger charge is -2.19. The largest absolute Gasteiger partial charge is 0.444 e. The topological polar surface area (TPSA) is 97.5 Å². The van der Waals surface area contributed by atoms with E-state index in [4.69, 9.17) is 20.6 Å². The summed E-state index contributed by atoms with van der Waals surface area (Å²) >= 11 is 0. The Kier molecular flexibility index (Phi) is 11.4. The quantitative estimate of drug-likeness (QED) is 0.492. The summed E-state index contributed by atoms with van der Waals surface area (Å²) in [4.78, 5) is 16.5. The molecule has 190 valence electrons. The first-order chi connectivity index (χ1) is 15.7. The molecule has 10 heteroatoms. The summed E-state index contributed by atoms with van der Waals surface area (Å²) in [5.41, 5.74) is 9.35. The molecule has 1 aromatic heterocycles. The number of ether oxygens (including phenoxy) is 1. The van der Waals surface area contributed by atoms with Crippen LogP contribution in [0.5, 0.6) is 0 Å². The van der Waals surface area contributed by atoms with Crippen LogP contribution in [-0.2, 0) is 17.6 Å². The predicted molar refractivity (Wildman–Crippen MR) is 123 cm³/mol. The van der Waals surface area contributed by atoms with Crippen LogP contribution in [0.15, 0.2) is 30.3 Å². The lowest BCUT2D eigenvalue weighted by Crippen LogP contribution is -2.33. The maximum Gasteiger partial charge on any atom is 0.411 e. The summed E-state index contributed by atoms with van der Waals surface area (Å²) in [7, 11) is 0. The standard InChI is InChI=1S/C22H30FN3O2.C2H3F3O/c1-15-12-17(7-8-19(15)23)20-14-16(13-18(26-20)6-5-10-24)9-11-25-21(27)28-22(2,3)4;3-2(4,5)1-6/h7-8,12-14H,5-6,9-11,24H2,1-4H3,(H,25,27);6H,1H2. The van der Waals surface area contributed by atoms with Gasteiger partial charge in [0.05, 0.1) is 5.69 Å². The molecule has 1 heterocycles. The lowest BCUT2D eigenvalue weighted by atomic mass is 10.0. The summed E-state index contributed by atoms with van der Waals surface area (Å²) in [6.07, 6.45) is -2.57. The number of aliphatic hydroxyl groups is 1. The molecule has 0 unspecified atom stereocenters. The van der Waals surface area contributed by atoms with E-state index in [0.717, 1.165) is 35.4 Å². The Morgan fingerprint density at radius 1 is 1.15 bits per heavy atom. The SMILES string of the molecule is Cc1cc(-c2cc(CCNC(=O)OC(C)(C)C)cc(CCCN)n2)ccc1F.OCC(F)(F)F. The van der Waals surface area contributed by atoms with Gasteiger partial charge in [-0.05, 0) is 95.0 Å². The molecule has 0 spiro atoms. The third-order valence-electron chi connectivity index (χ3n) is 4.29. The second kappa shape index (κ2) is 13.2. The first kappa shape index (κ1) is 29.3. The van der Waals surface area contributed by atoms with Crippen molar-refractivity contribution in [2.24, 2.45) is 5.73 Å². The third-order valence-corrected chi connectivity index (χ3v) is 4.29. The van der Waals surface area contributed by atoms with Crippen molar-refractivity contribution in [3.8, 4) is 11.3 Å². The Morgan fingerprint density at radius 3 is 2.32 bits per heavy atom. The van der Waals surface area contributed by atoms with Crippen molar-refractivity contribution >= 4 is 6.09 Å². The molecule has 1 amide bonds. The zero-order valence-corrected chi connectivity index (χ0v) is 19.9. The van der Waals surface area contributed by atoms with Gasteiger partial charge in [0.2, 0.25) is 0 Å². The first-order valence-corrected chi connectivity index (χ1v) is 10.8. The van der Waals surface area contributed by atoms with Crippen molar-refractivity contribution < 1.29 is 32.2 Å². The van der Waals surface area contributed by atoms with Crippen molar-refractivity contribution in [3.05, 3.63) is 53.0 Å². The molecule has 0 saturated carbocycles. The molecule has 0 atom stereocenters. The van der Waals surface area contributed by atoms with Crippen molar-refractivity contribution in [2.75, 3.05) is 19.7 Å². The Labute approximate surface area is 197 Å². The number of nitrogens with zero attached hydrogens (tertiary/aromatic N) is 1. The molecule has 0 radical (unpaired) electrons. The molecule has 0 aliphatic carbocycles. The number of hydrogen-bond acceptors (Lipinski definition) is 5. The van der Waals surface area contributed by atoms with Crippen LogP contribution in [0.1, 0.15) is 44.0 Å². The molecule has 2 aromatic rings. The van der Waals surface area contributed by atoms with E-state index >= 15 is 0 Å². The molecular weight excluding hydrogens is 454 g/mol. The number of benzene rings is 1. The number of alkyl halides is 3. The number of carbonyl (C=O) groups is 1. The summed E-state index contributed by atoms with van der Waals surface area (Å²) in [5.74, 6) is -0.232. The molecule has 0 saturated heterocycles. The maximum atomic E-state index is 13.6. The molecule has 4 N–H and O–H groups in total. The molecule has 2 rings (SSSR count). The summed E-state index contributed by atoms with van der Waals surface area (Å²) < 4.78 is 50.5. The molecule has 34 heavy (non-hydrogen) atoms. The molecular formula is C24H33F4N3O3. The van der Waals surface area contributed by atoms with Crippen LogP contribution in [0.2, 0.25) is 0 Å². The zero-order valence-electron chi connectivity index (χ0n) is 19.9. The van der Waals surface area contributed by atoms with Gasteiger partial charge >= 0.3 is 12.3 Å². The van der Waals surface area contributed by atoms with Gasteiger partial charge in [0.1, 0.15) is 18.0 Å². The van der Waals surface area contributed by atoms with Gasteiger partial charge in [0.25, 0.3) is 0 Å². The normalized spacial score (nSPS) is 11.5. The number of pyridine rings is 1. The van der Waals surface area contributed by atoms with Gasteiger partial charge in [-0.15, -0.1) is 0 Å². The third kappa shape index (κ3) is 11.9. The minimum Gasteiger partial charge on any atom is -0.444 e. The van der Waals surface area contributed by atoms with E-state index in [9.17, 15) is 22.4 Å². The van der Waals surface area contributed by atoms with E-state index in [-0.39, 0.29) is 5.82 Å². The highest BCUT2D eigenvalue weighted by molar-refractivity contribution is 5.67. The first-order valence-electron chi connectivity index (χ1n) is 10.8. The maximum absolute atomic E-state index is 13.6. The van der Waals surface area contributed by atoms with Crippen LogP contribution < -0.4 is 11.1 Å². The highest BCUT2D eigenvalue weighted by Crippen LogP contribution is 2.22. The number of aromatic nitrogens is 1. The number of amides is 1. The molecule has 6 nitrogen and oxygen atoms in total. The van der Waals surface area contributed by atoms with Gasteiger partial charge in [-0.25, -0.2) is 9.18 Å². The Morgan fingerprint density at radius 2 is 1.79 bits per heavy atom. The number of halogens is 4. The lowest BCUT2D eigenvalue weighted by molar-refractivity contribution is -0.159. The van der Waals surface area contributed by atoms with Crippen LogP contribution in [0.3, 0.4) is 0 Å². The number of hydrogen-bond donors (Lipinski definition) is 3. The van der Waals surface area contributed by atoms with Crippen LogP contribution in [0.4, 0.5) is 22.4 Å². The summed E-state index contributed by atoms with van der Waals surface area (Å²) in [6.45, 7) is 6.55. The van der Waals surface area contributed by atoms with E-state index in [1.807, 2.05) is 32.9 Å². The second-order valence-electron chi connectivity index (χ2n) is 8.66. The van der Waals surface area contributed by atoms with Gasteiger partial charge in [-0.3, -0.25) is 4.98 Å². The van der Waals surface area contributed by atoms with Crippen LogP contribution in [0, 0.1) is 12.7 Å². The fraction of sp³-hybridized carbons (Fsp3) is 0.500. The number of nitrogens with one attached hydrogen (secondary N) is 1. The smallest absolute Gasteiger partial charge is 0.411 e. The van der Waals surface area contributed by atoms with Crippen molar-refractivity contribution in [3.63, 3.8) is 0 Å². The highest BCUT2D eigenvalue weighted by Gasteiger charge is 2.24. The molecule has 0 fully saturated rings. The number of nitrogens with two attached hydrogens (primary N) is 1. The Balaban J connectivity index is 0.000000852. The van der Waals surface area contributed by atoms with Crippen LogP contribution in [0.25, 0.3) is 11.3 Å². The monoisotopic (exact) mass is 487 g/mol. The molecule has 0 aliphatic rings. The molecule has 1 aromatic carbocycles. The van der Waals surface area contributed by atoms with Gasteiger partial charge in [0.15, 0.2) is 0 Å². The van der Waals surface area contributed by atoms with E-state index in [1.54, 1.807) is 19.1 Å². The van der Waals surface area contributed by atoms with Gasteiger partial charge in [-0.2, -0.15) is 13.2 Å². The minimum absolute atomic E-state index is 0.232.